The van der Waals surface area contributed by atoms with Crippen molar-refractivity contribution in [2.75, 3.05) is 12.1 Å². The lowest BCUT2D eigenvalue weighted by atomic mass is 10.3. The van der Waals surface area contributed by atoms with Crippen LogP contribution in [0.25, 0.3) is 17.1 Å². The molecule has 0 amide bonds. The zero-order chi connectivity index (χ0) is 23.5. The number of benzene rings is 2. The number of anilines is 1. The fourth-order valence-corrected chi connectivity index (χ4v) is 3.70. The third-order valence-electron chi connectivity index (χ3n) is 4.68. The second-order valence-electron chi connectivity index (χ2n) is 6.72. The summed E-state index contributed by atoms with van der Waals surface area (Å²) in [6.07, 6.45) is 1.26. The van der Waals surface area contributed by atoms with Crippen molar-refractivity contribution in [1.82, 2.24) is 15.8 Å². The summed E-state index contributed by atoms with van der Waals surface area (Å²) in [4.78, 5) is 21.2. The molecule has 1 aliphatic rings. The average Bonchev–Trinajstić information content (AvgIpc) is 3.59. The molecule has 34 heavy (non-hydrogen) atoms. The van der Waals surface area contributed by atoms with Gasteiger partial charge in [-0.2, -0.15) is 5.11 Å². The minimum atomic E-state index is -0.648. The molecule has 1 N–H and O–H groups in total. The molecule has 0 bridgehead atoms. The second kappa shape index (κ2) is 9.09. The lowest BCUT2D eigenvalue weighted by molar-refractivity contribution is -0.660. The van der Waals surface area contributed by atoms with Crippen molar-refractivity contribution >= 4 is 28.1 Å². The summed E-state index contributed by atoms with van der Waals surface area (Å²) in [7, 11) is 1.56. The van der Waals surface area contributed by atoms with E-state index in [-0.39, 0.29) is 16.5 Å². The summed E-state index contributed by atoms with van der Waals surface area (Å²) in [6.45, 7) is 0. The minimum Gasteiger partial charge on any atom is -0.539 e. The summed E-state index contributed by atoms with van der Waals surface area (Å²) < 4.78 is 11.3. The topological polar surface area (TPSA) is 141 Å². The molecule has 0 radical (unpaired) electrons. The Kier molecular flexibility index (Phi) is 5.68. The highest BCUT2D eigenvalue weighted by molar-refractivity contribution is 7.13. The fourth-order valence-electron chi connectivity index (χ4n) is 3.07. The molecule has 4 aromatic rings. The lowest BCUT2D eigenvalue weighted by Crippen LogP contribution is -2.34. The van der Waals surface area contributed by atoms with Gasteiger partial charge in [-0.25, -0.2) is 14.8 Å². The molecular formula is C21H15N7O5S. The van der Waals surface area contributed by atoms with Gasteiger partial charge in [-0.05, 0) is 28.9 Å². The standard InChI is InChI=1S/C21H15N7O5S/c1-31-15-9-7-14(8-10-15)28-18(20(30)33-26-28)16-12-34-21(23-16)24-22-11-17-19(29)32-25-27(17)13-5-3-2-4-6-13/h2-12,25H,1H3/b17-11+,24-22?. The highest BCUT2D eigenvalue weighted by Gasteiger charge is 2.29. The summed E-state index contributed by atoms with van der Waals surface area (Å²) in [5.41, 5.74) is 4.40. The first-order chi connectivity index (χ1) is 16.6. The van der Waals surface area contributed by atoms with Crippen LogP contribution in [-0.2, 0) is 9.63 Å². The van der Waals surface area contributed by atoms with Gasteiger partial charge < -0.3 is 19.2 Å². The molecule has 0 spiro atoms. The highest BCUT2D eigenvalue weighted by Crippen LogP contribution is 2.30. The molecule has 1 saturated heterocycles. The van der Waals surface area contributed by atoms with Crippen LogP contribution in [0.1, 0.15) is 0 Å². The van der Waals surface area contributed by atoms with Gasteiger partial charge in [-0.1, -0.05) is 23.8 Å². The molecule has 1 fully saturated rings. The van der Waals surface area contributed by atoms with Crippen molar-refractivity contribution in [3.63, 3.8) is 0 Å². The van der Waals surface area contributed by atoms with E-state index in [4.69, 9.17) is 14.1 Å². The fraction of sp³-hybridized carbons (Fsp3) is 0.0476. The Morgan fingerprint density at radius 3 is 2.76 bits per heavy atom. The van der Waals surface area contributed by atoms with Gasteiger partial charge in [0.2, 0.25) is 10.8 Å². The number of carbonyl (C=O) groups excluding carboxylic acids is 1. The van der Waals surface area contributed by atoms with Gasteiger partial charge in [0.25, 0.3) is 5.69 Å². The third kappa shape index (κ3) is 4.07. The van der Waals surface area contributed by atoms with Gasteiger partial charge in [-0.3, -0.25) is 0 Å². The average molecular weight is 477 g/mol. The molecule has 2 aromatic heterocycles. The van der Waals surface area contributed by atoms with E-state index in [9.17, 15) is 9.90 Å². The zero-order valence-electron chi connectivity index (χ0n) is 17.5. The van der Waals surface area contributed by atoms with Crippen LogP contribution in [0.4, 0.5) is 10.8 Å². The summed E-state index contributed by atoms with van der Waals surface area (Å²) in [5, 5.41) is 27.4. The summed E-state index contributed by atoms with van der Waals surface area (Å²) in [6, 6.07) is 16.0. The van der Waals surface area contributed by atoms with Crippen molar-refractivity contribution in [2.45, 2.75) is 0 Å². The van der Waals surface area contributed by atoms with Crippen LogP contribution < -0.4 is 25.1 Å². The number of ether oxygens (including phenoxy) is 1. The largest absolute Gasteiger partial charge is 0.539 e. The van der Waals surface area contributed by atoms with Gasteiger partial charge in [0, 0.05) is 17.5 Å². The third-order valence-corrected chi connectivity index (χ3v) is 5.40. The number of rotatable bonds is 6. The first-order valence-corrected chi connectivity index (χ1v) is 10.6. The van der Waals surface area contributed by atoms with Crippen LogP contribution in [0.5, 0.6) is 11.7 Å². The van der Waals surface area contributed by atoms with Crippen LogP contribution in [-0.4, -0.2) is 23.3 Å². The summed E-state index contributed by atoms with van der Waals surface area (Å²) in [5.74, 6) is -0.594. The van der Waals surface area contributed by atoms with Crippen LogP contribution >= 0.6 is 11.3 Å². The van der Waals surface area contributed by atoms with E-state index in [1.807, 2.05) is 18.2 Å². The molecule has 5 rings (SSSR count). The van der Waals surface area contributed by atoms with Crippen molar-refractivity contribution in [3.8, 4) is 28.8 Å². The number of hydrogen-bond acceptors (Lipinski definition) is 12. The van der Waals surface area contributed by atoms with Gasteiger partial charge in [0.1, 0.15) is 5.75 Å². The van der Waals surface area contributed by atoms with E-state index < -0.39 is 11.9 Å². The zero-order valence-corrected chi connectivity index (χ0v) is 18.3. The number of thiazole rings is 1. The number of para-hydroxylation sites is 1. The van der Waals surface area contributed by atoms with E-state index in [0.29, 0.717) is 22.8 Å². The first kappa shape index (κ1) is 21.2. The Morgan fingerprint density at radius 2 is 2.00 bits per heavy atom. The predicted molar refractivity (Wildman–Crippen MR) is 116 cm³/mol. The maximum atomic E-state index is 12.3. The number of hydrogen-bond donors (Lipinski definition) is 1. The van der Waals surface area contributed by atoms with Crippen LogP contribution in [0, 0.1) is 0 Å². The number of hydrazine groups is 1. The van der Waals surface area contributed by atoms with Crippen molar-refractivity contribution in [2.24, 2.45) is 10.2 Å². The number of aromatic nitrogens is 3. The molecular weight excluding hydrogens is 462 g/mol. The molecule has 12 nitrogen and oxygen atoms in total. The van der Waals surface area contributed by atoms with E-state index in [1.165, 1.54) is 15.9 Å². The number of azo groups is 1. The van der Waals surface area contributed by atoms with Crippen LogP contribution in [0.2, 0.25) is 0 Å². The van der Waals surface area contributed by atoms with Crippen molar-refractivity contribution < 1.29 is 28.7 Å². The van der Waals surface area contributed by atoms with E-state index in [0.717, 1.165) is 11.3 Å². The molecule has 13 heteroatoms. The smallest absolute Gasteiger partial charge is 0.378 e. The predicted octanol–water partition coefficient (Wildman–Crippen LogP) is 2.57. The van der Waals surface area contributed by atoms with Crippen LogP contribution in [0.3, 0.4) is 0 Å². The monoisotopic (exact) mass is 477 g/mol. The lowest BCUT2D eigenvalue weighted by Gasteiger charge is -2.14. The Balaban J connectivity index is 1.39. The van der Waals surface area contributed by atoms with E-state index in [1.54, 1.807) is 48.9 Å². The number of methoxy groups -OCH3 is 1. The Morgan fingerprint density at radius 1 is 1.21 bits per heavy atom. The molecule has 1 aliphatic heterocycles. The van der Waals surface area contributed by atoms with Crippen LogP contribution in [0.15, 0.2) is 86.6 Å². The number of nitrogens with one attached hydrogen (secondary N) is 1. The maximum absolute atomic E-state index is 12.3. The van der Waals surface area contributed by atoms with Gasteiger partial charge >= 0.3 is 5.97 Å². The van der Waals surface area contributed by atoms with Crippen molar-refractivity contribution in [1.29, 1.82) is 0 Å². The maximum Gasteiger partial charge on any atom is 0.378 e. The molecule has 0 unspecified atom stereocenters. The molecule has 0 atom stereocenters. The normalized spacial score (nSPS) is 14.8. The van der Waals surface area contributed by atoms with E-state index in [2.05, 4.69) is 26.1 Å². The first-order valence-electron chi connectivity index (χ1n) is 9.76. The van der Waals surface area contributed by atoms with Gasteiger partial charge in [0.15, 0.2) is 17.3 Å². The number of carbonyl (C=O) groups is 1. The Labute approximate surface area is 195 Å². The highest BCUT2D eigenvalue weighted by atomic mass is 32.1. The SMILES string of the molecule is COc1ccc(-[n+]2noc([O-])c2-c2csc(N=N/C=C3\C(=O)ONN3c3ccccc3)n2)cc1. The minimum absolute atomic E-state index is 0.139. The quantitative estimate of drug-likeness (QED) is 0.252. The van der Waals surface area contributed by atoms with Gasteiger partial charge in [-0.15, -0.1) is 16.5 Å². The van der Waals surface area contributed by atoms with Crippen molar-refractivity contribution in [3.05, 3.63) is 71.9 Å². The molecule has 170 valence electrons. The van der Waals surface area contributed by atoms with Gasteiger partial charge in [0.05, 0.1) is 24.3 Å². The Bertz CT molecular complexity index is 1380. The molecule has 0 saturated carbocycles. The molecule has 0 aliphatic carbocycles. The molecule has 2 aromatic carbocycles. The molecule has 3 heterocycles. The number of nitrogens with zero attached hydrogens (tertiary/aromatic N) is 6. The summed E-state index contributed by atoms with van der Waals surface area (Å²) >= 11 is 1.16. The van der Waals surface area contributed by atoms with E-state index >= 15 is 0 Å². The Hall–Kier alpha value is -4.62. The second-order valence-corrected chi connectivity index (χ2v) is 7.55.